The lowest BCUT2D eigenvalue weighted by molar-refractivity contribution is 0.151. The predicted molar refractivity (Wildman–Crippen MR) is 89.2 cm³/mol. The van der Waals surface area contributed by atoms with E-state index in [9.17, 15) is 5.11 Å². The molecule has 0 saturated heterocycles. The molecule has 2 N–H and O–H groups in total. The summed E-state index contributed by atoms with van der Waals surface area (Å²) >= 11 is 0. The van der Waals surface area contributed by atoms with Crippen LogP contribution in [0.25, 0.3) is 0 Å². The standard InChI is InChI=1S/C17H38N2O/c1-14(2)12-16(5)19(7)11-9-8-10-17(6,13-20)18-15(3)4/h14-16,18,20H,8-13H2,1-7H3. The van der Waals surface area contributed by atoms with Crippen LogP contribution in [0.15, 0.2) is 0 Å². The summed E-state index contributed by atoms with van der Waals surface area (Å²) in [6.45, 7) is 14.6. The number of aliphatic hydroxyl groups is 1. The van der Waals surface area contributed by atoms with E-state index in [0.717, 1.165) is 25.3 Å². The molecule has 122 valence electrons. The van der Waals surface area contributed by atoms with Crippen molar-refractivity contribution in [3.63, 3.8) is 0 Å². The van der Waals surface area contributed by atoms with Gasteiger partial charge in [-0.2, -0.15) is 0 Å². The molecule has 0 fully saturated rings. The molecular formula is C17H38N2O. The molecule has 20 heavy (non-hydrogen) atoms. The van der Waals surface area contributed by atoms with E-state index in [1.54, 1.807) is 0 Å². The fraction of sp³-hybridized carbons (Fsp3) is 1.00. The van der Waals surface area contributed by atoms with Gasteiger partial charge in [-0.25, -0.2) is 0 Å². The van der Waals surface area contributed by atoms with Crippen molar-refractivity contribution in [3.05, 3.63) is 0 Å². The lowest BCUT2D eigenvalue weighted by atomic mass is 9.94. The molecule has 0 aromatic heterocycles. The second-order valence-corrected chi connectivity index (χ2v) is 7.43. The lowest BCUT2D eigenvalue weighted by Crippen LogP contribution is -2.49. The zero-order valence-corrected chi connectivity index (χ0v) is 14.9. The molecule has 0 aliphatic carbocycles. The average molecular weight is 287 g/mol. The Kier molecular flexibility index (Phi) is 9.69. The maximum atomic E-state index is 9.56. The van der Waals surface area contributed by atoms with E-state index >= 15 is 0 Å². The van der Waals surface area contributed by atoms with Crippen molar-refractivity contribution in [2.24, 2.45) is 5.92 Å². The molecule has 0 aromatic rings. The van der Waals surface area contributed by atoms with Crippen LogP contribution >= 0.6 is 0 Å². The summed E-state index contributed by atoms with van der Waals surface area (Å²) in [4.78, 5) is 2.46. The molecule has 3 nitrogen and oxygen atoms in total. The number of nitrogens with one attached hydrogen (secondary N) is 1. The topological polar surface area (TPSA) is 35.5 Å². The van der Waals surface area contributed by atoms with Crippen LogP contribution in [0.5, 0.6) is 0 Å². The molecule has 0 heterocycles. The summed E-state index contributed by atoms with van der Waals surface area (Å²) in [5.74, 6) is 0.764. The summed E-state index contributed by atoms with van der Waals surface area (Å²) < 4.78 is 0. The Morgan fingerprint density at radius 3 is 2.15 bits per heavy atom. The molecule has 0 aliphatic rings. The largest absolute Gasteiger partial charge is 0.394 e. The highest BCUT2D eigenvalue weighted by atomic mass is 16.3. The van der Waals surface area contributed by atoms with Crippen molar-refractivity contribution in [1.29, 1.82) is 0 Å². The van der Waals surface area contributed by atoms with E-state index in [2.05, 4.69) is 58.8 Å². The van der Waals surface area contributed by atoms with Crippen LogP contribution < -0.4 is 5.32 Å². The van der Waals surface area contributed by atoms with Gasteiger partial charge in [0.1, 0.15) is 0 Å². The number of aliphatic hydroxyl groups excluding tert-OH is 1. The summed E-state index contributed by atoms with van der Waals surface area (Å²) in [6, 6.07) is 1.08. The van der Waals surface area contributed by atoms with Crippen molar-refractivity contribution in [3.8, 4) is 0 Å². The Balaban J connectivity index is 3.94. The Labute approximate surface area is 127 Å². The van der Waals surface area contributed by atoms with Gasteiger partial charge in [-0.1, -0.05) is 34.1 Å². The lowest BCUT2D eigenvalue weighted by Gasteiger charge is -2.32. The molecule has 0 radical (unpaired) electrons. The van der Waals surface area contributed by atoms with Gasteiger partial charge in [-0.3, -0.25) is 0 Å². The molecule has 0 aliphatic heterocycles. The van der Waals surface area contributed by atoms with E-state index in [1.807, 2.05) is 0 Å². The first-order valence-corrected chi connectivity index (χ1v) is 8.29. The van der Waals surface area contributed by atoms with Gasteiger partial charge in [0, 0.05) is 17.6 Å². The first-order chi connectivity index (χ1) is 9.20. The number of hydrogen-bond acceptors (Lipinski definition) is 3. The first-order valence-electron chi connectivity index (χ1n) is 8.29. The van der Waals surface area contributed by atoms with E-state index in [0.29, 0.717) is 12.1 Å². The summed E-state index contributed by atoms with van der Waals surface area (Å²) in [5, 5.41) is 13.0. The fourth-order valence-electron chi connectivity index (χ4n) is 2.85. The SMILES string of the molecule is CC(C)CC(C)N(C)CCCCC(C)(CO)NC(C)C. The van der Waals surface area contributed by atoms with Gasteiger partial charge in [0.2, 0.25) is 0 Å². The van der Waals surface area contributed by atoms with Gasteiger partial charge in [-0.05, 0) is 52.6 Å². The predicted octanol–water partition coefficient (Wildman–Crippen LogP) is 3.27. The fourth-order valence-corrected chi connectivity index (χ4v) is 2.85. The van der Waals surface area contributed by atoms with Crippen LogP contribution in [0.1, 0.15) is 67.2 Å². The zero-order valence-electron chi connectivity index (χ0n) is 14.9. The number of hydrogen-bond donors (Lipinski definition) is 2. The minimum Gasteiger partial charge on any atom is -0.394 e. The minimum atomic E-state index is -0.129. The zero-order chi connectivity index (χ0) is 15.8. The molecule has 3 heteroatoms. The molecule has 0 amide bonds. The van der Waals surface area contributed by atoms with Crippen molar-refractivity contribution in [2.75, 3.05) is 20.2 Å². The van der Waals surface area contributed by atoms with Crippen LogP contribution in [0.2, 0.25) is 0 Å². The highest BCUT2D eigenvalue weighted by Crippen LogP contribution is 2.16. The van der Waals surface area contributed by atoms with Gasteiger partial charge < -0.3 is 15.3 Å². The molecule has 0 spiro atoms. The van der Waals surface area contributed by atoms with Crippen LogP contribution in [0, 0.1) is 5.92 Å². The van der Waals surface area contributed by atoms with E-state index in [4.69, 9.17) is 0 Å². The first kappa shape index (κ1) is 19.9. The third kappa shape index (κ3) is 8.93. The maximum Gasteiger partial charge on any atom is 0.0610 e. The summed E-state index contributed by atoms with van der Waals surface area (Å²) in [5.41, 5.74) is -0.129. The average Bonchev–Trinajstić information content (AvgIpc) is 2.32. The monoisotopic (exact) mass is 286 g/mol. The van der Waals surface area contributed by atoms with Crippen molar-refractivity contribution in [1.82, 2.24) is 10.2 Å². The summed E-state index contributed by atoms with van der Waals surface area (Å²) in [7, 11) is 2.23. The van der Waals surface area contributed by atoms with Crippen LogP contribution in [0.3, 0.4) is 0 Å². The smallest absolute Gasteiger partial charge is 0.0610 e. The second-order valence-electron chi connectivity index (χ2n) is 7.43. The van der Waals surface area contributed by atoms with E-state index < -0.39 is 0 Å². The normalized spacial score (nSPS) is 16.9. The molecule has 0 saturated carbocycles. The molecule has 0 bridgehead atoms. The van der Waals surface area contributed by atoms with Crippen LogP contribution in [0.4, 0.5) is 0 Å². The Morgan fingerprint density at radius 1 is 1.10 bits per heavy atom. The van der Waals surface area contributed by atoms with Gasteiger partial charge >= 0.3 is 0 Å². The van der Waals surface area contributed by atoms with Crippen molar-refractivity contribution >= 4 is 0 Å². The van der Waals surface area contributed by atoms with Crippen molar-refractivity contribution < 1.29 is 5.11 Å². The van der Waals surface area contributed by atoms with E-state index in [1.165, 1.54) is 12.8 Å². The third-order valence-electron chi connectivity index (χ3n) is 4.04. The Morgan fingerprint density at radius 2 is 1.70 bits per heavy atom. The van der Waals surface area contributed by atoms with Gasteiger partial charge in [-0.15, -0.1) is 0 Å². The van der Waals surface area contributed by atoms with Gasteiger partial charge in [0.25, 0.3) is 0 Å². The van der Waals surface area contributed by atoms with Crippen molar-refractivity contribution in [2.45, 2.75) is 84.8 Å². The van der Waals surface area contributed by atoms with E-state index in [-0.39, 0.29) is 12.1 Å². The Bertz CT molecular complexity index is 243. The molecule has 2 atom stereocenters. The minimum absolute atomic E-state index is 0.129. The van der Waals surface area contributed by atoms with Gasteiger partial charge in [0.05, 0.1) is 6.61 Å². The number of unbranched alkanes of at least 4 members (excludes halogenated alkanes) is 1. The Hall–Kier alpha value is -0.120. The molecule has 0 aromatic carbocycles. The molecule has 2 unspecified atom stereocenters. The highest BCUT2D eigenvalue weighted by Gasteiger charge is 2.23. The quantitative estimate of drug-likeness (QED) is 0.572. The van der Waals surface area contributed by atoms with Gasteiger partial charge in [0.15, 0.2) is 0 Å². The second kappa shape index (κ2) is 9.75. The third-order valence-corrected chi connectivity index (χ3v) is 4.04. The maximum absolute atomic E-state index is 9.56. The molecular weight excluding hydrogens is 248 g/mol. The summed E-state index contributed by atoms with van der Waals surface area (Å²) in [6.07, 6.45) is 4.66. The number of nitrogens with zero attached hydrogens (tertiary/aromatic N) is 1. The van der Waals surface area contributed by atoms with Crippen LogP contribution in [-0.2, 0) is 0 Å². The highest BCUT2D eigenvalue weighted by molar-refractivity contribution is 4.83. The number of rotatable bonds is 11. The molecule has 0 rings (SSSR count). The van der Waals surface area contributed by atoms with Crippen LogP contribution in [-0.4, -0.2) is 47.8 Å².